The van der Waals surface area contributed by atoms with Crippen LogP contribution in [0.15, 0.2) is 156 Å². The van der Waals surface area contributed by atoms with Gasteiger partial charge in [-0.3, -0.25) is 0 Å². The van der Waals surface area contributed by atoms with Gasteiger partial charge in [-0.1, -0.05) is 149 Å². The quantitative estimate of drug-likeness (QED) is 0.201. The van der Waals surface area contributed by atoms with Gasteiger partial charge in [0.2, 0.25) is 0 Å². The predicted molar refractivity (Wildman–Crippen MR) is 171 cm³/mol. The van der Waals surface area contributed by atoms with E-state index in [1.165, 1.54) is 66.1 Å². The molecular formula is C38H25Br. The van der Waals surface area contributed by atoms with Gasteiger partial charge in [0.15, 0.2) is 0 Å². The maximum absolute atomic E-state index is 3.85. The van der Waals surface area contributed by atoms with Gasteiger partial charge >= 0.3 is 0 Å². The minimum absolute atomic E-state index is 1.10. The molecule has 0 unspecified atom stereocenters. The van der Waals surface area contributed by atoms with E-state index < -0.39 is 0 Å². The highest BCUT2D eigenvalue weighted by Gasteiger charge is 2.16. The number of fused-ring (bicyclic) bond motifs is 2. The molecule has 0 aliphatic heterocycles. The molecule has 7 aromatic carbocycles. The first kappa shape index (κ1) is 23.6. The highest BCUT2D eigenvalue weighted by Crippen LogP contribution is 2.44. The second-order valence-electron chi connectivity index (χ2n) is 9.88. The summed E-state index contributed by atoms with van der Waals surface area (Å²) in [4.78, 5) is 0. The first-order valence-corrected chi connectivity index (χ1v) is 14.0. The Hall–Kier alpha value is -4.46. The summed E-state index contributed by atoms with van der Waals surface area (Å²) < 4.78 is 1.10. The van der Waals surface area contributed by atoms with Crippen LogP contribution in [0.2, 0.25) is 0 Å². The lowest BCUT2D eigenvalue weighted by Gasteiger charge is -2.18. The highest BCUT2D eigenvalue weighted by atomic mass is 79.9. The summed E-state index contributed by atoms with van der Waals surface area (Å²) in [6.07, 6.45) is 0. The zero-order chi connectivity index (χ0) is 26.2. The minimum atomic E-state index is 1.10. The Bertz CT molecular complexity index is 1950. The molecule has 0 N–H and O–H groups in total. The average Bonchev–Trinajstić information content (AvgIpc) is 3.01. The van der Waals surface area contributed by atoms with Crippen LogP contribution < -0.4 is 0 Å². The van der Waals surface area contributed by atoms with Crippen LogP contribution in [0.1, 0.15) is 0 Å². The highest BCUT2D eigenvalue weighted by molar-refractivity contribution is 9.10. The topological polar surface area (TPSA) is 0 Å². The van der Waals surface area contributed by atoms with Crippen molar-refractivity contribution in [2.45, 2.75) is 0 Å². The largest absolute Gasteiger partial charge is 0.0622 e. The summed E-state index contributed by atoms with van der Waals surface area (Å²) >= 11 is 3.85. The van der Waals surface area contributed by atoms with Crippen molar-refractivity contribution in [2.24, 2.45) is 0 Å². The van der Waals surface area contributed by atoms with E-state index in [0.29, 0.717) is 0 Å². The molecule has 0 aliphatic rings. The van der Waals surface area contributed by atoms with E-state index in [4.69, 9.17) is 0 Å². The van der Waals surface area contributed by atoms with Crippen LogP contribution in [0.3, 0.4) is 0 Å². The molecule has 0 fully saturated rings. The van der Waals surface area contributed by atoms with E-state index in [1.807, 2.05) is 0 Å². The van der Waals surface area contributed by atoms with Gasteiger partial charge in [-0.2, -0.15) is 0 Å². The molecule has 0 aromatic heterocycles. The van der Waals surface area contributed by atoms with Crippen molar-refractivity contribution in [3.63, 3.8) is 0 Å². The van der Waals surface area contributed by atoms with E-state index in [9.17, 15) is 0 Å². The van der Waals surface area contributed by atoms with Crippen molar-refractivity contribution >= 4 is 37.5 Å². The number of hydrogen-bond acceptors (Lipinski definition) is 0. The SMILES string of the molecule is Brc1ccc2c(-c3ccccc3)c(-c3cccc(-c4ccc5ccccc5c4)c3)ccc2c1-c1ccccc1. The molecule has 0 bridgehead atoms. The van der Waals surface area contributed by atoms with E-state index in [0.717, 1.165) is 4.47 Å². The Morgan fingerprint density at radius 1 is 0.333 bits per heavy atom. The maximum atomic E-state index is 3.85. The van der Waals surface area contributed by atoms with Crippen LogP contribution >= 0.6 is 15.9 Å². The van der Waals surface area contributed by atoms with Gasteiger partial charge in [0.25, 0.3) is 0 Å². The van der Waals surface area contributed by atoms with Crippen LogP contribution in [0.4, 0.5) is 0 Å². The fourth-order valence-corrected chi connectivity index (χ4v) is 6.24. The third-order valence-corrected chi connectivity index (χ3v) is 8.19. The Labute approximate surface area is 237 Å². The fourth-order valence-electron chi connectivity index (χ4n) is 5.67. The lowest BCUT2D eigenvalue weighted by atomic mass is 9.86. The standard InChI is InChI=1S/C38H25Br/c39-36-23-22-34-35(38(36)28-13-5-2-6-14-28)21-20-33(37(34)27-11-3-1-4-12-27)32-17-9-16-30(25-32)31-19-18-26-10-7-8-15-29(26)24-31/h1-25H. The smallest absolute Gasteiger partial charge is 0.0260 e. The molecule has 0 radical (unpaired) electrons. The zero-order valence-corrected chi connectivity index (χ0v) is 22.9. The second-order valence-corrected chi connectivity index (χ2v) is 10.7. The molecule has 0 spiro atoms. The molecular weight excluding hydrogens is 536 g/mol. The molecule has 0 nitrogen and oxygen atoms in total. The normalized spacial score (nSPS) is 11.2. The van der Waals surface area contributed by atoms with Crippen LogP contribution in [0, 0.1) is 0 Å². The van der Waals surface area contributed by atoms with Crippen LogP contribution in [0.5, 0.6) is 0 Å². The Morgan fingerprint density at radius 2 is 0.897 bits per heavy atom. The van der Waals surface area contributed by atoms with Gasteiger partial charge in [0, 0.05) is 10.0 Å². The molecule has 0 saturated carbocycles. The van der Waals surface area contributed by atoms with Crippen molar-refractivity contribution in [2.75, 3.05) is 0 Å². The molecule has 0 aliphatic carbocycles. The van der Waals surface area contributed by atoms with Gasteiger partial charge in [-0.25, -0.2) is 0 Å². The summed E-state index contributed by atoms with van der Waals surface area (Å²) in [5.41, 5.74) is 9.81. The van der Waals surface area contributed by atoms with Crippen LogP contribution in [-0.4, -0.2) is 0 Å². The van der Waals surface area contributed by atoms with Crippen molar-refractivity contribution in [1.29, 1.82) is 0 Å². The number of rotatable bonds is 4. The van der Waals surface area contributed by atoms with Gasteiger partial charge in [0.05, 0.1) is 0 Å². The Balaban J connectivity index is 1.46. The van der Waals surface area contributed by atoms with Gasteiger partial charge in [0.1, 0.15) is 0 Å². The number of halogens is 1. The molecule has 7 rings (SSSR count). The van der Waals surface area contributed by atoms with E-state index in [2.05, 4.69) is 168 Å². The zero-order valence-electron chi connectivity index (χ0n) is 21.3. The van der Waals surface area contributed by atoms with Crippen LogP contribution in [0.25, 0.3) is 66.1 Å². The maximum Gasteiger partial charge on any atom is 0.0260 e. The van der Waals surface area contributed by atoms with Gasteiger partial charge in [-0.05, 0) is 78.7 Å². The van der Waals surface area contributed by atoms with Crippen molar-refractivity contribution in [3.8, 4) is 44.5 Å². The third kappa shape index (κ3) is 4.35. The Morgan fingerprint density at radius 3 is 1.67 bits per heavy atom. The van der Waals surface area contributed by atoms with Crippen molar-refractivity contribution in [3.05, 3.63) is 156 Å². The van der Waals surface area contributed by atoms with E-state index in [1.54, 1.807) is 0 Å². The summed E-state index contributed by atoms with van der Waals surface area (Å²) in [7, 11) is 0. The van der Waals surface area contributed by atoms with Crippen molar-refractivity contribution < 1.29 is 0 Å². The monoisotopic (exact) mass is 560 g/mol. The lowest BCUT2D eigenvalue weighted by Crippen LogP contribution is -1.91. The fraction of sp³-hybridized carbons (Fsp3) is 0. The van der Waals surface area contributed by atoms with Crippen LogP contribution in [-0.2, 0) is 0 Å². The molecule has 0 heterocycles. The van der Waals surface area contributed by atoms with E-state index in [-0.39, 0.29) is 0 Å². The van der Waals surface area contributed by atoms with Gasteiger partial charge in [-0.15, -0.1) is 0 Å². The first-order valence-electron chi connectivity index (χ1n) is 13.2. The molecule has 0 atom stereocenters. The second kappa shape index (κ2) is 10.0. The number of benzene rings is 7. The summed E-state index contributed by atoms with van der Waals surface area (Å²) in [6, 6.07) is 54.6. The lowest BCUT2D eigenvalue weighted by molar-refractivity contribution is 1.58. The predicted octanol–water partition coefficient (Wildman–Crippen LogP) is 11.4. The molecule has 184 valence electrons. The minimum Gasteiger partial charge on any atom is -0.0622 e. The van der Waals surface area contributed by atoms with Gasteiger partial charge < -0.3 is 0 Å². The van der Waals surface area contributed by atoms with E-state index >= 15 is 0 Å². The Kier molecular flexibility index (Phi) is 6.07. The number of hydrogen-bond donors (Lipinski definition) is 0. The molecule has 1 heteroatoms. The first-order chi connectivity index (χ1) is 19.3. The summed E-state index contributed by atoms with van der Waals surface area (Å²) in [5.74, 6) is 0. The molecule has 0 saturated heterocycles. The third-order valence-electron chi connectivity index (χ3n) is 7.53. The summed E-state index contributed by atoms with van der Waals surface area (Å²) in [6.45, 7) is 0. The molecule has 39 heavy (non-hydrogen) atoms. The molecule has 0 amide bonds. The average molecular weight is 562 g/mol. The molecule has 7 aromatic rings. The van der Waals surface area contributed by atoms with Crippen molar-refractivity contribution in [1.82, 2.24) is 0 Å². The summed E-state index contributed by atoms with van der Waals surface area (Å²) in [5, 5.41) is 5.01.